The summed E-state index contributed by atoms with van der Waals surface area (Å²) in [4.78, 5) is 38.7. The molecular formula is C20H19N3O7S. The van der Waals surface area contributed by atoms with Crippen molar-refractivity contribution >= 4 is 34.0 Å². The molecule has 2 heterocycles. The summed E-state index contributed by atoms with van der Waals surface area (Å²) < 4.78 is 15.8. The van der Waals surface area contributed by atoms with Crippen molar-refractivity contribution in [2.45, 2.75) is 26.9 Å². The standard InChI is InChI=1S/C20H19N3O7S/c1-3-28-18(24)9-13-11-31-20(21-13)22-19(25)17-7-5-14(30-17)10-29-16-6-4-12(2)8-15(16)23(26)27/h4-8,11H,3,9-10H2,1-2H3,(H,21,22,25). The number of thiazole rings is 1. The van der Waals surface area contributed by atoms with Gasteiger partial charge in [-0.25, -0.2) is 4.98 Å². The number of furan rings is 1. The van der Waals surface area contributed by atoms with E-state index in [0.29, 0.717) is 16.6 Å². The molecule has 0 saturated carbocycles. The summed E-state index contributed by atoms with van der Waals surface area (Å²) >= 11 is 1.17. The Kier molecular flexibility index (Phi) is 6.98. The van der Waals surface area contributed by atoms with Crippen molar-refractivity contribution in [3.63, 3.8) is 0 Å². The van der Waals surface area contributed by atoms with Gasteiger partial charge in [-0.3, -0.25) is 25.0 Å². The lowest BCUT2D eigenvalue weighted by Gasteiger charge is -2.05. The molecule has 0 atom stereocenters. The zero-order valence-electron chi connectivity index (χ0n) is 16.7. The summed E-state index contributed by atoms with van der Waals surface area (Å²) in [6, 6.07) is 7.64. The molecule has 0 bridgehead atoms. The topological polar surface area (TPSA) is 134 Å². The number of aromatic nitrogens is 1. The third-order valence-corrected chi connectivity index (χ3v) is 4.78. The van der Waals surface area contributed by atoms with Gasteiger partial charge in [-0.05, 0) is 37.6 Å². The normalized spacial score (nSPS) is 10.5. The fourth-order valence-electron chi connectivity index (χ4n) is 2.58. The number of hydrogen-bond acceptors (Lipinski definition) is 9. The van der Waals surface area contributed by atoms with Gasteiger partial charge in [-0.1, -0.05) is 6.07 Å². The average Bonchev–Trinajstić information content (AvgIpc) is 3.36. The maximum atomic E-state index is 12.4. The highest BCUT2D eigenvalue weighted by Crippen LogP contribution is 2.28. The Bertz CT molecular complexity index is 1110. The smallest absolute Gasteiger partial charge is 0.311 e. The van der Waals surface area contributed by atoms with Gasteiger partial charge in [-0.15, -0.1) is 11.3 Å². The van der Waals surface area contributed by atoms with Gasteiger partial charge in [0, 0.05) is 11.4 Å². The highest BCUT2D eigenvalue weighted by Gasteiger charge is 2.18. The van der Waals surface area contributed by atoms with Crippen LogP contribution in [0.2, 0.25) is 0 Å². The highest BCUT2D eigenvalue weighted by atomic mass is 32.1. The highest BCUT2D eigenvalue weighted by molar-refractivity contribution is 7.14. The largest absolute Gasteiger partial charge is 0.479 e. The van der Waals surface area contributed by atoms with Crippen LogP contribution in [0.3, 0.4) is 0 Å². The molecule has 0 radical (unpaired) electrons. The van der Waals surface area contributed by atoms with Crippen LogP contribution in [0, 0.1) is 17.0 Å². The van der Waals surface area contributed by atoms with E-state index < -0.39 is 16.8 Å². The van der Waals surface area contributed by atoms with E-state index in [2.05, 4.69) is 10.3 Å². The lowest BCUT2D eigenvalue weighted by Crippen LogP contribution is -2.11. The van der Waals surface area contributed by atoms with E-state index in [1.807, 2.05) is 0 Å². The molecule has 1 amide bonds. The van der Waals surface area contributed by atoms with E-state index >= 15 is 0 Å². The zero-order chi connectivity index (χ0) is 22.4. The number of hydrogen-bond donors (Lipinski definition) is 1. The van der Waals surface area contributed by atoms with Gasteiger partial charge in [0.1, 0.15) is 12.4 Å². The lowest BCUT2D eigenvalue weighted by atomic mass is 10.2. The number of nitrogens with zero attached hydrogens (tertiary/aromatic N) is 2. The van der Waals surface area contributed by atoms with Crippen LogP contribution in [0.15, 0.2) is 40.1 Å². The maximum Gasteiger partial charge on any atom is 0.311 e. The zero-order valence-corrected chi connectivity index (χ0v) is 17.6. The minimum Gasteiger partial charge on any atom is -0.479 e. The number of anilines is 1. The van der Waals surface area contributed by atoms with Crippen molar-refractivity contribution in [3.05, 3.63) is 68.6 Å². The summed E-state index contributed by atoms with van der Waals surface area (Å²) in [5, 5.41) is 15.7. The van der Waals surface area contributed by atoms with E-state index in [9.17, 15) is 19.7 Å². The molecule has 0 spiro atoms. The number of nitro benzene ring substituents is 1. The molecule has 1 aromatic carbocycles. The molecular weight excluding hydrogens is 426 g/mol. The number of nitrogens with one attached hydrogen (secondary N) is 1. The molecule has 0 aliphatic carbocycles. The van der Waals surface area contributed by atoms with E-state index in [1.165, 1.54) is 29.5 Å². The van der Waals surface area contributed by atoms with Crippen molar-refractivity contribution in [1.29, 1.82) is 0 Å². The quantitative estimate of drug-likeness (QED) is 0.298. The molecule has 10 nitrogen and oxygen atoms in total. The van der Waals surface area contributed by atoms with Crippen LogP contribution in [-0.2, 0) is 22.6 Å². The lowest BCUT2D eigenvalue weighted by molar-refractivity contribution is -0.386. The number of amides is 1. The maximum absolute atomic E-state index is 12.4. The second-order valence-electron chi connectivity index (χ2n) is 6.36. The van der Waals surface area contributed by atoms with Gasteiger partial charge in [-0.2, -0.15) is 0 Å². The second kappa shape index (κ2) is 9.85. The van der Waals surface area contributed by atoms with Gasteiger partial charge in [0.05, 0.1) is 23.6 Å². The molecule has 162 valence electrons. The van der Waals surface area contributed by atoms with Crippen LogP contribution in [0.5, 0.6) is 5.75 Å². The first-order chi connectivity index (χ1) is 14.9. The van der Waals surface area contributed by atoms with Gasteiger partial charge in [0.15, 0.2) is 16.6 Å². The van der Waals surface area contributed by atoms with Crippen LogP contribution in [0.4, 0.5) is 10.8 Å². The van der Waals surface area contributed by atoms with E-state index in [0.717, 1.165) is 5.56 Å². The summed E-state index contributed by atoms with van der Waals surface area (Å²) in [6.45, 7) is 3.66. The van der Waals surface area contributed by atoms with E-state index in [4.69, 9.17) is 13.9 Å². The Morgan fingerprint density at radius 2 is 2.10 bits per heavy atom. The Balaban J connectivity index is 1.58. The van der Waals surface area contributed by atoms with Crippen molar-refractivity contribution in [3.8, 4) is 5.75 Å². The van der Waals surface area contributed by atoms with Crippen LogP contribution < -0.4 is 10.1 Å². The number of carbonyl (C=O) groups excluding carboxylic acids is 2. The van der Waals surface area contributed by atoms with E-state index in [1.54, 1.807) is 31.4 Å². The molecule has 3 aromatic rings. The Morgan fingerprint density at radius 3 is 2.84 bits per heavy atom. The molecule has 0 unspecified atom stereocenters. The van der Waals surface area contributed by atoms with Gasteiger partial charge in [0.25, 0.3) is 5.91 Å². The summed E-state index contributed by atoms with van der Waals surface area (Å²) in [5.74, 6) is -0.462. The fourth-order valence-corrected chi connectivity index (χ4v) is 3.29. The number of rotatable bonds is 9. The molecule has 0 aliphatic rings. The van der Waals surface area contributed by atoms with Crippen molar-refractivity contribution < 1.29 is 28.4 Å². The van der Waals surface area contributed by atoms with E-state index in [-0.39, 0.29) is 36.8 Å². The average molecular weight is 445 g/mol. The number of nitro groups is 1. The van der Waals surface area contributed by atoms with Crippen LogP contribution in [0.25, 0.3) is 0 Å². The summed E-state index contributed by atoms with van der Waals surface area (Å²) in [7, 11) is 0. The van der Waals surface area contributed by atoms with Gasteiger partial charge >= 0.3 is 11.7 Å². The van der Waals surface area contributed by atoms with Gasteiger partial charge < -0.3 is 13.9 Å². The van der Waals surface area contributed by atoms with Gasteiger partial charge in [0.2, 0.25) is 0 Å². The molecule has 2 aromatic heterocycles. The third kappa shape index (κ3) is 5.89. The van der Waals surface area contributed by atoms with Crippen LogP contribution in [-0.4, -0.2) is 28.4 Å². The van der Waals surface area contributed by atoms with Crippen LogP contribution >= 0.6 is 11.3 Å². The summed E-state index contributed by atoms with van der Waals surface area (Å²) in [6.07, 6.45) is 0.0214. The number of esters is 1. The Labute approximate surface area is 181 Å². The fraction of sp³-hybridized carbons (Fsp3) is 0.250. The monoisotopic (exact) mass is 445 g/mol. The summed E-state index contributed by atoms with van der Waals surface area (Å²) in [5.41, 5.74) is 1.09. The third-order valence-electron chi connectivity index (χ3n) is 3.97. The first-order valence-corrected chi connectivity index (χ1v) is 10.1. The number of carbonyl (C=O) groups is 2. The minimum atomic E-state index is -0.524. The first kappa shape index (κ1) is 22.0. The first-order valence-electron chi connectivity index (χ1n) is 9.23. The molecule has 0 saturated heterocycles. The number of aryl methyl sites for hydroxylation is 1. The molecule has 3 rings (SSSR count). The molecule has 1 N–H and O–H groups in total. The molecule has 11 heteroatoms. The van der Waals surface area contributed by atoms with Crippen molar-refractivity contribution in [2.75, 3.05) is 11.9 Å². The SMILES string of the molecule is CCOC(=O)Cc1csc(NC(=O)c2ccc(COc3ccc(C)cc3[N+](=O)[O-])o2)n1. The number of ether oxygens (including phenoxy) is 2. The predicted molar refractivity (Wildman–Crippen MR) is 111 cm³/mol. The molecule has 31 heavy (non-hydrogen) atoms. The molecule has 0 fully saturated rings. The number of benzene rings is 1. The predicted octanol–water partition coefficient (Wildman–Crippen LogP) is 3.89. The Hall–Kier alpha value is -3.73. The molecule has 0 aliphatic heterocycles. The minimum absolute atomic E-state index is 0.0214. The van der Waals surface area contributed by atoms with Crippen molar-refractivity contribution in [2.24, 2.45) is 0 Å². The van der Waals surface area contributed by atoms with Crippen LogP contribution in [0.1, 0.15) is 34.5 Å². The Morgan fingerprint density at radius 1 is 1.29 bits per heavy atom. The second-order valence-corrected chi connectivity index (χ2v) is 7.22. The van der Waals surface area contributed by atoms with Crippen molar-refractivity contribution in [1.82, 2.24) is 4.98 Å².